The van der Waals surface area contributed by atoms with E-state index >= 15 is 0 Å². The third-order valence-corrected chi connectivity index (χ3v) is 3.16. The molecule has 0 saturated carbocycles. The second kappa shape index (κ2) is 7.62. The first-order valence-electron chi connectivity index (χ1n) is 7.17. The Hall–Kier alpha value is -2.57. The Balaban J connectivity index is 2.03. The van der Waals surface area contributed by atoms with E-state index in [4.69, 9.17) is 10.5 Å². The van der Waals surface area contributed by atoms with Crippen molar-refractivity contribution in [2.45, 2.75) is 19.1 Å². The minimum Gasteiger partial charge on any atom is -0.464 e. The first-order valence-corrected chi connectivity index (χ1v) is 7.17. The maximum absolute atomic E-state index is 11.4. The summed E-state index contributed by atoms with van der Waals surface area (Å²) in [5.74, 6) is 0.317. The molecule has 23 heavy (non-hydrogen) atoms. The molecule has 2 aromatic rings. The highest BCUT2D eigenvalue weighted by Crippen LogP contribution is 2.25. The number of aliphatic hydroxyl groups is 2. The number of nitrogen functional groups attached to an aromatic ring is 1. The summed E-state index contributed by atoms with van der Waals surface area (Å²) in [6, 6.07) is 13.3. The van der Waals surface area contributed by atoms with E-state index in [1.807, 2.05) is 0 Å². The molecule has 0 aliphatic rings. The van der Waals surface area contributed by atoms with Crippen molar-refractivity contribution in [3.63, 3.8) is 0 Å². The lowest BCUT2D eigenvalue weighted by Gasteiger charge is -2.17. The summed E-state index contributed by atoms with van der Waals surface area (Å²) in [5.41, 5.74) is 6.63. The summed E-state index contributed by atoms with van der Waals surface area (Å²) in [7, 11) is 0. The number of carbonyl (C=O) groups excluding carboxylic acids is 1. The van der Waals surface area contributed by atoms with Gasteiger partial charge in [0.15, 0.2) is 6.10 Å². The number of hydrogen-bond donors (Lipinski definition) is 3. The van der Waals surface area contributed by atoms with Crippen molar-refractivity contribution in [2.75, 3.05) is 12.3 Å². The molecule has 0 radical (unpaired) electrons. The summed E-state index contributed by atoms with van der Waals surface area (Å²) >= 11 is 0. The van der Waals surface area contributed by atoms with Gasteiger partial charge in [0, 0.05) is 5.69 Å². The monoisotopic (exact) mass is 317 g/mol. The second-order valence-electron chi connectivity index (χ2n) is 4.88. The Bertz CT molecular complexity index is 639. The van der Waals surface area contributed by atoms with E-state index in [9.17, 15) is 15.0 Å². The van der Waals surface area contributed by atoms with Crippen LogP contribution in [0.15, 0.2) is 48.5 Å². The van der Waals surface area contributed by atoms with Crippen molar-refractivity contribution in [1.82, 2.24) is 0 Å². The van der Waals surface area contributed by atoms with Crippen molar-refractivity contribution in [3.8, 4) is 11.5 Å². The maximum Gasteiger partial charge on any atom is 0.338 e. The predicted octanol–water partition coefficient (Wildman–Crippen LogP) is 2.02. The number of aliphatic hydroxyl groups excluding tert-OH is 2. The van der Waals surface area contributed by atoms with Crippen LogP contribution in [0.3, 0.4) is 0 Å². The quantitative estimate of drug-likeness (QED) is 0.556. The number of hydrogen-bond acceptors (Lipinski definition) is 6. The standard InChI is InChI=1S/C17H19NO5/c1-2-22-17(21)16(20)15(19)11-3-7-13(8-4-11)23-14-9-5-12(18)6-10-14/h3-10,15-16,19-20H,2,18H2,1H3. The second-order valence-corrected chi connectivity index (χ2v) is 4.88. The van der Waals surface area contributed by atoms with Crippen LogP contribution < -0.4 is 10.5 Å². The van der Waals surface area contributed by atoms with Crippen LogP contribution in [-0.2, 0) is 9.53 Å². The van der Waals surface area contributed by atoms with Gasteiger partial charge in [-0.2, -0.15) is 0 Å². The zero-order chi connectivity index (χ0) is 16.8. The zero-order valence-corrected chi connectivity index (χ0v) is 12.7. The van der Waals surface area contributed by atoms with Crippen LogP contribution in [0.2, 0.25) is 0 Å². The molecule has 0 amide bonds. The number of anilines is 1. The molecule has 0 aliphatic carbocycles. The molecule has 2 unspecified atom stereocenters. The molecular formula is C17H19NO5. The molecule has 0 bridgehead atoms. The molecule has 0 saturated heterocycles. The van der Waals surface area contributed by atoms with Gasteiger partial charge < -0.3 is 25.4 Å². The van der Waals surface area contributed by atoms with E-state index in [1.165, 1.54) is 0 Å². The Labute approximate surface area is 134 Å². The Morgan fingerprint density at radius 2 is 1.57 bits per heavy atom. The largest absolute Gasteiger partial charge is 0.464 e. The van der Waals surface area contributed by atoms with Crippen molar-refractivity contribution in [3.05, 3.63) is 54.1 Å². The average Bonchev–Trinajstić information content (AvgIpc) is 2.56. The number of rotatable bonds is 6. The van der Waals surface area contributed by atoms with E-state index in [1.54, 1.807) is 55.5 Å². The summed E-state index contributed by atoms with van der Waals surface area (Å²) in [4.78, 5) is 11.4. The van der Waals surface area contributed by atoms with Gasteiger partial charge in [-0.05, 0) is 48.9 Å². The van der Waals surface area contributed by atoms with E-state index in [2.05, 4.69) is 4.74 Å². The Morgan fingerprint density at radius 1 is 1.04 bits per heavy atom. The maximum atomic E-state index is 11.4. The summed E-state index contributed by atoms with van der Waals surface area (Å²) < 4.78 is 10.3. The number of nitrogens with two attached hydrogens (primary N) is 1. The number of ether oxygens (including phenoxy) is 2. The molecule has 4 N–H and O–H groups in total. The van der Waals surface area contributed by atoms with Crippen molar-refractivity contribution >= 4 is 11.7 Å². The molecule has 6 heteroatoms. The van der Waals surface area contributed by atoms with Gasteiger partial charge >= 0.3 is 5.97 Å². The molecule has 0 heterocycles. The molecule has 2 aromatic carbocycles. The fraction of sp³-hybridized carbons (Fsp3) is 0.235. The highest BCUT2D eigenvalue weighted by molar-refractivity contribution is 5.75. The first kappa shape index (κ1) is 16.8. The molecule has 122 valence electrons. The van der Waals surface area contributed by atoms with Gasteiger partial charge in [0.1, 0.15) is 17.6 Å². The number of benzene rings is 2. The smallest absolute Gasteiger partial charge is 0.338 e. The van der Waals surface area contributed by atoms with Crippen molar-refractivity contribution in [2.24, 2.45) is 0 Å². The molecule has 6 nitrogen and oxygen atoms in total. The van der Waals surface area contributed by atoms with Gasteiger partial charge in [-0.15, -0.1) is 0 Å². The Morgan fingerprint density at radius 3 is 2.09 bits per heavy atom. The SMILES string of the molecule is CCOC(=O)C(O)C(O)c1ccc(Oc2ccc(N)cc2)cc1. The summed E-state index contributed by atoms with van der Waals surface area (Å²) in [6.07, 6.45) is -2.99. The number of esters is 1. The third kappa shape index (κ3) is 4.45. The van der Waals surface area contributed by atoms with Crippen LogP contribution in [0.5, 0.6) is 11.5 Å². The normalized spacial score (nSPS) is 13.2. The molecule has 0 fully saturated rings. The summed E-state index contributed by atoms with van der Waals surface area (Å²) in [5, 5.41) is 19.7. The van der Waals surface area contributed by atoms with Crippen LogP contribution in [0, 0.1) is 0 Å². The van der Waals surface area contributed by atoms with Crippen molar-refractivity contribution < 1.29 is 24.5 Å². The first-order chi connectivity index (χ1) is 11.0. The van der Waals surface area contributed by atoms with Crippen LogP contribution in [0.25, 0.3) is 0 Å². The van der Waals surface area contributed by atoms with Crippen molar-refractivity contribution in [1.29, 1.82) is 0 Å². The Kier molecular flexibility index (Phi) is 5.56. The van der Waals surface area contributed by atoms with Gasteiger partial charge in [-0.25, -0.2) is 4.79 Å². The van der Waals surface area contributed by atoms with Crippen LogP contribution >= 0.6 is 0 Å². The minimum absolute atomic E-state index is 0.136. The van der Waals surface area contributed by atoms with Crippen LogP contribution in [0.1, 0.15) is 18.6 Å². The molecule has 2 atom stereocenters. The topological polar surface area (TPSA) is 102 Å². The highest BCUT2D eigenvalue weighted by Gasteiger charge is 2.26. The van der Waals surface area contributed by atoms with Gasteiger partial charge in [0.05, 0.1) is 6.61 Å². The predicted molar refractivity (Wildman–Crippen MR) is 85.0 cm³/mol. The van der Waals surface area contributed by atoms with Gasteiger partial charge in [-0.3, -0.25) is 0 Å². The average molecular weight is 317 g/mol. The fourth-order valence-corrected chi connectivity index (χ4v) is 1.94. The highest BCUT2D eigenvalue weighted by atomic mass is 16.5. The zero-order valence-electron chi connectivity index (χ0n) is 12.7. The van der Waals surface area contributed by atoms with E-state index in [0.717, 1.165) is 0 Å². The third-order valence-electron chi connectivity index (χ3n) is 3.16. The minimum atomic E-state index is -1.63. The van der Waals surface area contributed by atoms with Crippen LogP contribution in [-0.4, -0.2) is 28.9 Å². The number of carbonyl (C=O) groups is 1. The van der Waals surface area contributed by atoms with Gasteiger partial charge in [0.25, 0.3) is 0 Å². The molecule has 0 aliphatic heterocycles. The van der Waals surface area contributed by atoms with Crippen LogP contribution in [0.4, 0.5) is 5.69 Å². The fourth-order valence-electron chi connectivity index (χ4n) is 1.94. The molecule has 0 spiro atoms. The lowest BCUT2D eigenvalue weighted by Crippen LogP contribution is -2.29. The van der Waals surface area contributed by atoms with E-state index in [0.29, 0.717) is 22.7 Å². The molecular weight excluding hydrogens is 298 g/mol. The lowest BCUT2D eigenvalue weighted by molar-refractivity contribution is -0.159. The molecule has 0 aromatic heterocycles. The lowest BCUT2D eigenvalue weighted by atomic mass is 10.0. The summed E-state index contributed by atoms with van der Waals surface area (Å²) in [6.45, 7) is 1.76. The van der Waals surface area contributed by atoms with E-state index in [-0.39, 0.29) is 6.61 Å². The van der Waals surface area contributed by atoms with E-state index < -0.39 is 18.2 Å². The van der Waals surface area contributed by atoms with Gasteiger partial charge in [0.2, 0.25) is 0 Å². The van der Waals surface area contributed by atoms with Gasteiger partial charge in [-0.1, -0.05) is 12.1 Å². The molecule has 2 rings (SSSR count).